The molecule has 1 aliphatic rings. The average molecular weight is 292 g/mol. The first-order valence-corrected chi connectivity index (χ1v) is 8.32. The quantitative estimate of drug-likeness (QED) is 0.647. The van der Waals surface area contributed by atoms with Crippen LogP contribution < -0.4 is 0 Å². The van der Waals surface area contributed by atoms with Gasteiger partial charge in [0, 0.05) is 11.6 Å². The molecule has 0 amide bonds. The van der Waals surface area contributed by atoms with Crippen molar-refractivity contribution in [1.29, 1.82) is 0 Å². The van der Waals surface area contributed by atoms with Gasteiger partial charge in [-0.1, -0.05) is 55.7 Å². The smallest absolute Gasteiger partial charge is 0.0406 e. The first-order chi connectivity index (χ1) is 9.78. The molecule has 0 bridgehead atoms. The van der Waals surface area contributed by atoms with Crippen LogP contribution in [0, 0.1) is 5.92 Å². The summed E-state index contributed by atoms with van der Waals surface area (Å²) in [5, 5.41) is 0.807. The lowest BCUT2D eigenvalue weighted by Gasteiger charge is -2.31. The van der Waals surface area contributed by atoms with Crippen LogP contribution in [0.15, 0.2) is 30.3 Å². The third kappa shape index (κ3) is 5.30. The SMILES string of the molecule is CCCCCN1CCCC(C=Cc2ccc(Cl)cc2)C1. The summed E-state index contributed by atoms with van der Waals surface area (Å²) in [7, 11) is 0. The molecular formula is C18H26ClN. The molecule has 1 nitrogen and oxygen atoms in total. The van der Waals surface area contributed by atoms with Crippen molar-refractivity contribution in [2.75, 3.05) is 19.6 Å². The van der Waals surface area contributed by atoms with E-state index in [4.69, 9.17) is 11.6 Å². The third-order valence-electron chi connectivity index (χ3n) is 4.05. The van der Waals surface area contributed by atoms with Crippen LogP contribution in [0.1, 0.15) is 44.6 Å². The highest BCUT2D eigenvalue weighted by Crippen LogP contribution is 2.20. The summed E-state index contributed by atoms with van der Waals surface area (Å²) in [6, 6.07) is 8.08. The van der Waals surface area contributed by atoms with Gasteiger partial charge in [-0.05, 0) is 56.0 Å². The molecule has 1 fully saturated rings. The fourth-order valence-corrected chi connectivity index (χ4v) is 2.98. The molecule has 1 aliphatic heterocycles. The van der Waals surface area contributed by atoms with Crippen LogP contribution in [0.2, 0.25) is 5.02 Å². The van der Waals surface area contributed by atoms with Crippen molar-refractivity contribution in [2.45, 2.75) is 39.0 Å². The standard InChI is InChI=1S/C18H26ClN/c1-2-3-4-13-20-14-5-6-17(15-20)8-7-16-9-11-18(19)12-10-16/h7-12,17H,2-6,13-15H2,1H3. The Labute approximate surface area is 128 Å². The number of halogens is 1. The number of likely N-dealkylation sites (tertiary alicyclic amines) is 1. The molecule has 1 saturated heterocycles. The number of rotatable bonds is 6. The molecule has 0 aromatic heterocycles. The Kier molecular flexibility index (Phi) is 6.62. The highest BCUT2D eigenvalue weighted by molar-refractivity contribution is 6.30. The van der Waals surface area contributed by atoms with Gasteiger partial charge in [-0.2, -0.15) is 0 Å². The molecule has 20 heavy (non-hydrogen) atoms. The van der Waals surface area contributed by atoms with Gasteiger partial charge in [0.2, 0.25) is 0 Å². The van der Waals surface area contributed by atoms with Crippen LogP contribution >= 0.6 is 11.6 Å². The Morgan fingerprint density at radius 1 is 1.25 bits per heavy atom. The van der Waals surface area contributed by atoms with E-state index in [1.54, 1.807) is 0 Å². The molecule has 0 radical (unpaired) electrons. The maximum Gasteiger partial charge on any atom is 0.0406 e. The Morgan fingerprint density at radius 2 is 2.05 bits per heavy atom. The second-order valence-corrected chi connectivity index (χ2v) is 6.26. The molecule has 0 saturated carbocycles. The number of hydrogen-bond donors (Lipinski definition) is 0. The van der Waals surface area contributed by atoms with Crippen LogP contribution in [0.3, 0.4) is 0 Å². The summed E-state index contributed by atoms with van der Waals surface area (Å²) in [6.45, 7) is 6.07. The van der Waals surface area contributed by atoms with Crippen LogP contribution in [0.4, 0.5) is 0 Å². The van der Waals surface area contributed by atoms with E-state index in [1.807, 2.05) is 12.1 Å². The van der Waals surface area contributed by atoms with Gasteiger partial charge in [0.05, 0.1) is 0 Å². The number of piperidine rings is 1. The van der Waals surface area contributed by atoms with Crippen molar-refractivity contribution in [3.05, 3.63) is 40.9 Å². The monoisotopic (exact) mass is 291 g/mol. The van der Waals surface area contributed by atoms with Gasteiger partial charge >= 0.3 is 0 Å². The molecule has 1 aromatic carbocycles. The minimum Gasteiger partial charge on any atom is -0.303 e. The van der Waals surface area contributed by atoms with E-state index in [9.17, 15) is 0 Å². The van der Waals surface area contributed by atoms with Gasteiger partial charge in [0.25, 0.3) is 0 Å². The van der Waals surface area contributed by atoms with Crippen molar-refractivity contribution in [3.8, 4) is 0 Å². The topological polar surface area (TPSA) is 3.24 Å². The maximum absolute atomic E-state index is 5.91. The van der Waals surface area contributed by atoms with E-state index in [-0.39, 0.29) is 0 Å². The lowest BCUT2D eigenvalue weighted by Crippen LogP contribution is -2.35. The minimum atomic E-state index is 0.709. The van der Waals surface area contributed by atoms with E-state index in [1.165, 1.54) is 57.3 Å². The fraction of sp³-hybridized carbons (Fsp3) is 0.556. The summed E-state index contributed by atoms with van der Waals surface area (Å²) >= 11 is 5.91. The molecule has 0 N–H and O–H groups in total. The molecule has 110 valence electrons. The molecule has 0 spiro atoms. The first-order valence-electron chi connectivity index (χ1n) is 7.94. The second-order valence-electron chi connectivity index (χ2n) is 5.82. The molecular weight excluding hydrogens is 266 g/mol. The summed E-state index contributed by atoms with van der Waals surface area (Å²) in [5.74, 6) is 0.709. The van der Waals surface area contributed by atoms with E-state index in [0.29, 0.717) is 5.92 Å². The highest BCUT2D eigenvalue weighted by atomic mass is 35.5. The van der Waals surface area contributed by atoms with Crippen LogP contribution in [-0.2, 0) is 0 Å². The van der Waals surface area contributed by atoms with Gasteiger partial charge in [-0.25, -0.2) is 0 Å². The average Bonchev–Trinajstić information content (AvgIpc) is 2.47. The van der Waals surface area contributed by atoms with Crippen LogP contribution in [0.5, 0.6) is 0 Å². The van der Waals surface area contributed by atoms with Gasteiger partial charge in [-0.15, -0.1) is 0 Å². The Morgan fingerprint density at radius 3 is 2.80 bits per heavy atom. The Balaban J connectivity index is 1.81. The number of benzene rings is 1. The van der Waals surface area contributed by atoms with Crippen molar-refractivity contribution in [2.24, 2.45) is 5.92 Å². The minimum absolute atomic E-state index is 0.709. The fourth-order valence-electron chi connectivity index (χ4n) is 2.86. The molecule has 1 unspecified atom stereocenters. The largest absolute Gasteiger partial charge is 0.303 e. The van der Waals surface area contributed by atoms with Gasteiger partial charge < -0.3 is 4.90 Å². The number of hydrogen-bond acceptors (Lipinski definition) is 1. The zero-order chi connectivity index (χ0) is 14.2. The number of unbranched alkanes of at least 4 members (excludes halogenated alkanes) is 2. The molecule has 1 atom stereocenters. The maximum atomic E-state index is 5.91. The van der Waals surface area contributed by atoms with Crippen LogP contribution in [-0.4, -0.2) is 24.5 Å². The van der Waals surface area contributed by atoms with Crippen LogP contribution in [0.25, 0.3) is 6.08 Å². The summed E-state index contributed by atoms with van der Waals surface area (Å²) in [4.78, 5) is 2.63. The van der Waals surface area contributed by atoms with E-state index in [2.05, 4.69) is 36.1 Å². The van der Waals surface area contributed by atoms with Crippen molar-refractivity contribution in [3.63, 3.8) is 0 Å². The summed E-state index contributed by atoms with van der Waals surface area (Å²) in [6.07, 6.45) is 11.3. The molecule has 1 aromatic rings. The van der Waals surface area contributed by atoms with Gasteiger partial charge in [-0.3, -0.25) is 0 Å². The van der Waals surface area contributed by atoms with E-state index < -0.39 is 0 Å². The normalized spacial score (nSPS) is 20.6. The van der Waals surface area contributed by atoms with Crippen molar-refractivity contribution in [1.82, 2.24) is 4.90 Å². The lowest BCUT2D eigenvalue weighted by atomic mass is 9.96. The Hall–Kier alpha value is -0.790. The molecule has 0 aliphatic carbocycles. The first kappa shape index (κ1) is 15.6. The zero-order valence-electron chi connectivity index (χ0n) is 12.5. The molecule has 2 rings (SSSR count). The molecule has 1 heterocycles. The van der Waals surface area contributed by atoms with Crippen molar-refractivity contribution < 1.29 is 0 Å². The van der Waals surface area contributed by atoms with Gasteiger partial charge in [0.1, 0.15) is 0 Å². The predicted molar refractivity (Wildman–Crippen MR) is 89.2 cm³/mol. The van der Waals surface area contributed by atoms with Gasteiger partial charge in [0.15, 0.2) is 0 Å². The third-order valence-corrected chi connectivity index (χ3v) is 4.30. The lowest BCUT2D eigenvalue weighted by molar-refractivity contribution is 0.194. The second kappa shape index (κ2) is 8.49. The summed E-state index contributed by atoms with van der Waals surface area (Å²) < 4.78 is 0. The van der Waals surface area contributed by atoms with E-state index >= 15 is 0 Å². The highest BCUT2D eigenvalue weighted by Gasteiger charge is 2.16. The number of nitrogens with zero attached hydrogens (tertiary/aromatic N) is 1. The molecule has 2 heteroatoms. The summed E-state index contributed by atoms with van der Waals surface area (Å²) in [5.41, 5.74) is 1.25. The predicted octanol–water partition coefficient (Wildman–Crippen LogP) is 5.26. The van der Waals surface area contributed by atoms with Crippen molar-refractivity contribution >= 4 is 17.7 Å². The Bertz CT molecular complexity index is 410. The van der Waals surface area contributed by atoms with E-state index in [0.717, 1.165) is 5.02 Å². The zero-order valence-corrected chi connectivity index (χ0v) is 13.3.